The molecule has 0 N–H and O–H groups in total. The second-order valence-corrected chi connectivity index (χ2v) is 8.05. The molecule has 0 unspecified atom stereocenters. The van der Waals surface area contributed by atoms with Crippen molar-refractivity contribution < 1.29 is 19.1 Å². The maximum atomic E-state index is 13.5. The number of carbonyl (C=O) groups excluding carboxylic acids is 2. The van der Waals surface area contributed by atoms with Gasteiger partial charge in [0.15, 0.2) is 0 Å². The Balaban J connectivity index is 1.79. The lowest BCUT2D eigenvalue weighted by molar-refractivity contribution is -0.113. The van der Waals surface area contributed by atoms with E-state index in [0.717, 1.165) is 16.9 Å². The number of nitrogens with zero attached hydrogens (tertiary/aromatic N) is 1. The van der Waals surface area contributed by atoms with Crippen LogP contribution >= 0.6 is 23.2 Å². The van der Waals surface area contributed by atoms with Gasteiger partial charge in [0.05, 0.1) is 36.2 Å². The van der Waals surface area contributed by atoms with E-state index in [9.17, 15) is 9.59 Å². The fraction of sp³-hybridized carbons (Fsp3) is 0.0769. The highest BCUT2D eigenvalue weighted by Crippen LogP contribution is 2.37. The Bertz CT molecular complexity index is 1280. The molecule has 0 aliphatic carbocycles. The first-order chi connectivity index (χ1) is 15.9. The van der Waals surface area contributed by atoms with Crippen molar-refractivity contribution in [1.82, 2.24) is 0 Å². The molecule has 0 radical (unpaired) electrons. The molecule has 0 spiro atoms. The molecule has 33 heavy (non-hydrogen) atoms. The van der Waals surface area contributed by atoms with Crippen LogP contribution in [0.2, 0.25) is 10.0 Å². The molecule has 0 atom stereocenters. The van der Waals surface area contributed by atoms with E-state index < -0.39 is 5.97 Å². The third-order valence-corrected chi connectivity index (χ3v) is 5.74. The van der Waals surface area contributed by atoms with Crippen LogP contribution in [0.3, 0.4) is 0 Å². The summed E-state index contributed by atoms with van der Waals surface area (Å²) in [5.41, 5.74) is 3.57. The maximum Gasteiger partial charge on any atom is 0.339 e. The van der Waals surface area contributed by atoms with Crippen molar-refractivity contribution in [3.8, 4) is 5.75 Å². The van der Waals surface area contributed by atoms with Crippen LogP contribution in [0.4, 0.5) is 5.69 Å². The van der Waals surface area contributed by atoms with Crippen molar-refractivity contribution in [2.75, 3.05) is 19.1 Å². The van der Waals surface area contributed by atoms with E-state index in [0.29, 0.717) is 22.0 Å². The maximum absolute atomic E-state index is 13.5. The van der Waals surface area contributed by atoms with E-state index in [1.807, 2.05) is 48.6 Å². The summed E-state index contributed by atoms with van der Waals surface area (Å²) in [6, 6.07) is 19.4. The molecular formula is C26H19Cl2NO4. The van der Waals surface area contributed by atoms with E-state index >= 15 is 0 Å². The Hall–Kier alpha value is -3.54. The summed E-state index contributed by atoms with van der Waals surface area (Å²) in [4.78, 5) is 27.0. The number of carbonyl (C=O) groups is 2. The molecule has 0 aromatic heterocycles. The minimum absolute atomic E-state index is 0.190. The molecule has 0 fully saturated rings. The third-order valence-electron chi connectivity index (χ3n) is 5.18. The van der Waals surface area contributed by atoms with E-state index in [-0.39, 0.29) is 16.5 Å². The molecule has 3 aromatic carbocycles. The van der Waals surface area contributed by atoms with Gasteiger partial charge in [-0.2, -0.15) is 0 Å². The zero-order valence-electron chi connectivity index (χ0n) is 17.8. The van der Waals surface area contributed by atoms with Crippen LogP contribution in [-0.2, 0) is 9.53 Å². The fourth-order valence-electron chi connectivity index (χ4n) is 3.50. The van der Waals surface area contributed by atoms with Gasteiger partial charge in [-0.05, 0) is 65.7 Å². The average Bonchev–Trinajstić information content (AvgIpc) is 3.15. The highest BCUT2D eigenvalue weighted by atomic mass is 35.5. The lowest BCUT2D eigenvalue weighted by Crippen LogP contribution is -2.25. The molecule has 1 aliphatic heterocycles. The molecule has 166 valence electrons. The Morgan fingerprint density at radius 1 is 0.939 bits per heavy atom. The van der Waals surface area contributed by atoms with Gasteiger partial charge < -0.3 is 9.47 Å². The van der Waals surface area contributed by atoms with Crippen molar-refractivity contribution in [3.05, 3.63) is 105 Å². The van der Waals surface area contributed by atoms with Crippen molar-refractivity contribution in [2.45, 2.75) is 0 Å². The fourth-order valence-corrected chi connectivity index (χ4v) is 3.88. The van der Waals surface area contributed by atoms with Crippen molar-refractivity contribution in [3.63, 3.8) is 0 Å². The summed E-state index contributed by atoms with van der Waals surface area (Å²) in [6.45, 7) is 0. The zero-order chi connectivity index (χ0) is 23.5. The van der Waals surface area contributed by atoms with Crippen molar-refractivity contribution in [1.29, 1.82) is 0 Å². The minimum atomic E-state index is -0.548. The predicted molar refractivity (Wildman–Crippen MR) is 131 cm³/mol. The van der Waals surface area contributed by atoms with E-state index in [4.69, 9.17) is 32.7 Å². The van der Waals surface area contributed by atoms with Gasteiger partial charge in [-0.25, -0.2) is 4.79 Å². The number of halogens is 2. The molecule has 0 saturated carbocycles. The second-order valence-electron chi connectivity index (χ2n) is 7.21. The molecule has 0 saturated heterocycles. The summed E-state index contributed by atoms with van der Waals surface area (Å²) < 4.78 is 9.96. The van der Waals surface area contributed by atoms with Gasteiger partial charge in [-0.15, -0.1) is 0 Å². The van der Waals surface area contributed by atoms with Crippen molar-refractivity contribution >= 4 is 52.5 Å². The lowest BCUT2D eigenvalue weighted by Gasteiger charge is -2.21. The minimum Gasteiger partial charge on any atom is -0.497 e. The van der Waals surface area contributed by atoms with Crippen LogP contribution in [0.5, 0.6) is 5.75 Å². The first kappa shape index (κ1) is 22.6. The average molecular weight is 480 g/mol. The van der Waals surface area contributed by atoms with Crippen LogP contribution in [0.15, 0.2) is 78.4 Å². The summed E-state index contributed by atoms with van der Waals surface area (Å²) in [5.74, 6) is -0.0419. The first-order valence-electron chi connectivity index (χ1n) is 9.97. The third kappa shape index (κ3) is 4.65. The quantitative estimate of drug-likeness (QED) is 0.320. The highest BCUT2D eigenvalue weighted by Gasteiger charge is 2.31. The van der Waals surface area contributed by atoms with Gasteiger partial charge in [-0.3, -0.25) is 9.69 Å². The van der Waals surface area contributed by atoms with Gasteiger partial charge in [0.1, 0.15) is 5.75 Å². The standard InChI is InChI=1S/C26H19Cl2NO4/c1-32-21-10-3-16(4-11-21)13-18-14-24(17-5-7-19(27)8-6-17)29(25(18)30)20-9-12-22(23(28)15-20)26(31)33-2/h3-15H,1-2H3/b18-13-. The first-order valence-corrected chi connectivity index (χ1v) is 10.7. The zero-order valence-corrected chi connectivity index (χ0v) is 19.4. The largest absolute Gasteiger partial charge is 0.497 e. The monoisotopic (exact) mass is 479 g/mol. The molecule has 0 bridgehead atoms. The molecule has 7 heteroatoms. The van der Waals surface area contributed by atoms with Crippen LogP contribution in [0, 0.1) is 0 Å². The van der Waals surface area contributed by atoms with Gasteiger partial charge in [-0.1, -0.05) is 47.5 Å². The van der Waals surface area contributed by atoms with Crippen LogP contribution in [0.25, 0.3) is 11.8 Å². The number of hydrogen-bond acceptors (Lipinski definition) is 4. The highest BCUT2D eigenvalue weighted by molar-refractivity contribution is 6.34. The van der Waals surface area contributed by atoms with E-state index in [1.54, 1.807) is 42.3 Å². The number of rotatable bonds is 5. The van der Waals surface area contributed by atoms with Gasteiger partial charge in [0.2, 0.25) is 0 Å². The topological polar surface area (TPSA) is 55.8 Å². The summed E-state index contributed by atoms with van der Waals surface area (Å²) in [7, 11) is 2.89. The van der Waals surface area contributed by atoms with E-state index in [1.165, 1.54) is 7.11 Å². The number of esters is 1. The second kappa shape index (κ2) is 9.53. The molecule has 1 aliphatic rings. The molecule has 5 nitrogen and oxygen atoms in total. The Kier molecular flexibility index (Phi) is 6.54. The summed E-state index contributed by atoms with van der Waals surface area (Å²) in [5, 5.41) is 0.782. The molecule has 3 aromatic rings. The lowest BCUT2D eigenvalue weighted by atomic mass is 10.1. The number of methoxy groups -OCH3 is 2. The molecular weight excluding hydrogens is 461 g/mol. The normalized spacial score (nSPS) is 14.4. The Morgan fingerprint density at radius 2 is 1.64 bits per heavy atom. The van der Waals surface area contributed by atoms with Crippen LogP contribution in [0.1, 0.15) is 21.5 Å². The number of hydrogen-bond donors (Lipinski definition) is 0. The van der Waals surface area contributed by atoms with Crippen LogP contribution in [-0.4, -0.2) is 26.1 Å². The Labute approximate surface area is 201 Å². The number of benzene rings is 3. The smallest absolute Gasteiger partial charge is 0.339 e. The predicted octanol–water partition coefficient (Wildman–Crippen LogP) is 6.26. The Morgan fingerprint density at radius 3 is 2.24 bits per heavy atom. The number of ether oxygens (including phenoxy) is 2. The van der Waals surface area contributed by atoms with Gasteiger partial charge >= 0.3 is 5.97 Å². The van der Waals surface area contributed by atoms with Gasteiger partial charge in [0.25, 0.3) is 5.91 Å². The number of anilines is 1. The van der Waals surface area contributed by atoms with E-state index in [2.05, 4.69) is 0 Å². The summed E-state index contributed by atoms with van der Waals surface area (Å²) in [6.07, 6.45) is 3.63. The van der Waals surface area contributed by atoms with Gasteiger partial charge in [0, 0.05) is 10.6 Å². The molecule has 4 rings (SSSR count). The number of amides is 1. The summed E-state index contributed by atoms with van der Waals surface area (Å²) >= 11 is 12.4. The molecule has 1 amide bonds. The van der Waals surface area contributed by atoms with Crippen molar-refractivity contribution in [2.24, 2.45) is 0 Å². The SMILES string of the molecule is COC(=O)c1ccc(N2C(=O)/C(=C\c3ccc(OC)cc3)C=C2c2ccc(Cl)cc2)cc1Cl. The van der Waals surface area contributed by atoms with Crippen LogP contribution < -0.4 is 9.64 Å². The molecule has 1 heterocycles.